The molecule has 1 aromatic carbocycles. The number of nitriles is 1. The molecule has 0 aromatic heterocycles. The number of benzene rings is 1. The molecule has 12 heavy (non-hydrogen) atoms. The van der Waals surface area contributed by atoms with E-state index >= 15 is 0 Å². The van der Waals surface area contributed by atoms with Crippen molar-refractivity contribution < 1.29 is 5.11 Å². The third-order valence-electron chi connectivity index (χ3n) is 1.52. The minimum Gasteiger partial charge on any atom is -0.387 e. The molecule has 0 bridgehead atoms. The summed E-state index contributed by atoms with van der Waals surface area (Å²) in [6, 6.07) is 8.77. The topological polar surface area (TPSA) is 44.0 Å². The van der Waals surface area contributed by atoms with Gasteiger partial charge in [0.25, 0.3) is 0 Å². The number of rotatable bonds is 2. The highest BCUT2D eigenvalue weighted by Crippen LogP contribution is 2.19. The van der Waals surface area contributed by atoms with Gasteiger partial charge in [0.1, 0.15) is 0 Å². The van der Waals surface area contributed by atoms with Crippen LogP contribution in [0.5, 0.6) is 0 Å². The van der Waals surface area contributed by atoms with Gasteiger partial charge in [0.2, 0.25) is 0 Å². The van der Waals surface area contributed by atoms with Crippen LogP contribution in [-0.4, -0.2) is 5.11 Å². The zero-order valence-electron chi connectivity index (χ0n) is 6.37. The molecule has 0 aliphatic carbocycles. The molecule has 0 radical (unpaired) electrons. The fraction of sp³-hybridized carbons (Fsp3) is 0.222. The number of aliphatic hydroxyl groups excluding tert-OH is 1. The average Bonchev–Trinajstić information content (AvgIpc) is 2.05. The van der Waals surface area contributed by atoms with Crippen molar-refractivity contribution >= 4 is 11.6 Å². The molecule has 1 atom stereocenters. The molecular formula is C9H8ClNO. The Hall–Kier alpha value is -1.04. The van der Waals surface area contributed by atoms with Crippen molar-refractivity contribution in [3.8, 4) is 6.07 Å². The predicted molar refractivity (Wildman–Crippen MR) is 46.6 cm³/mol. The van der Waals surface area contributed by atoms with Crippen molar-refractivity contribution in [2.24, 2.45) is 0 Å². The minimum absolute atomic E-state index is 0.0976. The Bertz CT molecular complexity index is 306. The van der Waals surface area contributed by atoms with Gasteiger partial charge < -0.3 is 5.11 Å². The fourth-order valence-corrected chi connectivity index (χ4v) is 1.12. The lowest BCUT2D eigenvalue weighted by atomic mass is 10.1. The third kappa shape index (κ3) is 2.23. The normalized spacial score (nSPS) is 12.1. The van der Waals surface area contributed by atoms with Gasteiger partial charge in [-0.3, -0.25) is 0 Å². The summed E-state index contributed by atoms with van der Waals surface area (Å²) in [7, 11) is 0. The van der Waals surface area contributed by atoms with Crippen LogP contribution < -0.4 is 0 Å². The van der Waals surface area contributed by atoms with Crippen LogP contribution >= 0.6 is 11.6 Å². The molecule has 2 nitrogen and oxygen atoms in total. The molecule has 0 aliphatic rings. The number of hydrogen-bond acceptors (Lipinski definition) is 2. The Labute approximate surface area is 76.0 Å². The summed E-state index contributed by atoms with van der Waals surface area (Å²) in [5.41, 5.74) is 0.684. The van der Waals surface area contributed by atoms with E-state index < -0.39 is 6.10 Å². The second-order valence-electron chi connectivity index (χ2n) is 2.43. The van der Waals surface area contributed by atoms with Gasteiger partial charge in [0.05, 0.1) is 18.6 Å². The summed E-state index contributed by atoms with van der Waals surface area (Å²) in [6.45, 7) is 0. The van der Waals surface area contributed by atoms with E-state index in [0.717, 1.165) is 0 Å². The van der Waals surface area contributed by atoms with Crippen molar-refractivity contribution in [3.05, 3.63) is 34.9 Å². The molecule has 1 unspecified atom stereocenters. The monoisotopic (exact) mass is 181 g/mol. The van der Waals surface area contributed by atoms with Crippen molar-refractivity contribution in [3.63, 3.8) is 0 Å². The second-order valence-corrected chi connectivity index (χ2v) is 2.87. The lowest BCUT2D eigenvalue weighted by molar-refractivity contribution is 0.183. The van der Waals surface area contributed by atoms with E-state index in [4.69, 9.17) is 16.9 Å². The van der Waals surface area contributed by atoms with Crippen LogP contribution in [0.2, 0.25) is 5.02 Å². The molecule has 0 saturated heterocycles. The SMILES string of the molecule is N#CCC(O)c1cccc(Cl)c1. The van der Waals surface area contributed by atoms with Crippen LogP contribution in [0.15, 0.2) is 24.3 Å². The van der Waals surface area contributed by atoms with Gasteiger partial charge in [-0.05, 0) is 17.7 Å². The van der Waals surface area contributed by atoms with Gasteiger partial charge in [0.15, 0.2) is 0 Å². The molecule has 3 heteroatoms. The molecule has 0 amide bonds. The summed E-state index contributed by atoms with van der Waals surface area (Å²) in [5.74, 6) is 0. The van der Waals surface area contributed by atoms with Crippen molar-refractivity contribution in [2.75, 3.05) is 0 Å². The standard InChI is InChI=1S/C9H8ClNO/c10-8-3-1-2-7(6-8)9(12)4-5-11/h1-3,6,9,12H,4H2. The zero-order valence-corrected chi connectivity index (χ0v) is 7.12. The molecule has 0 spiro atoms. The first kappa shape index (κ1) is 9.05. The van der Waals surface area contributed by atoms with Gasteiger partial charge in [-0.15, -0.1) is 0 Å². The third-order valence-corrected chi connectivity index (χ3v) is 1.75. The fourth-order valence-electron chi connectivity index (χ4n) is 0.918. The van der Waals surface area contributed by atoms with Crippen molar-refractivity contribution in [2.45, 2.75) is 12.5 Å². The first-order chi connectivity index (χ1) is 5.74. The van der Waals surface area contributed by atoms with Crippen LogP contribution in [0.25, 0.3) is 0 Å². The second kappa shape index (κ2) is 4.10. The molecule has 0 saturated carbocycles. The van der Waals surface area contributed by atoms with E-state index in [1.807, 2.05) is 6.07 Å². The quantitative estimate of drug-likeness (QED) is 0.761. The van der Waals surface area contributed by atoms with Gasteiger partial charge in [-0.2, -0.15) is 5.26 Å². The molecule has 62 valence electrons. The van der Waals surface area contributed by atoms with Gasteiger partial charge in [-0.25, -0.2) is 0 Å². The summed E-state index contributed by atoms with van der Waals surface area (Å²) >= 11 is 5.70. The van der Waals surface area contributed by atoms with E-state index in [0.29, 0.717) is 10.6 Å². The number of hydrogen-bond donors (Lipinski definition) is 1. The smallest absolute Gasteiger partial charge is 0.0920 e. The van der Waals surface area contributed by atoms with E-state index in [9.17, 15) is 5.11 Å². The Morgan fingerprint density at radius 3 is 2.92 bits per heavy atom. The maximum atomic E-state index is 9.36. The van der Waals surface area contributed by atoms with Crippen LogP contribution in [0.4, 0.5) is 0 Å². The van der Waals surface area contributed by atoms with Gasteiger partial charge in [0, 0.05) is 5.02 Å². The lowest BCUT2D eigenvalue weighted by Crippen LogP contribution is -1.94. The Kier molecular flexibility index (Phi) is 3.09. The summed E-state index contributed by atoms with van der Waals surface area (Å²) in [4.78, 5) is 0. The molecule has 1 N–H and O–H groups in total. The maximum Gasteiger partial charge on any atom is 0.0920 e. The summed E-state index contributed by atoms with van der Waals surface area (Å²) in [6.07, 6.45) is -0.630. The van der Waals surface area contributed by atoms with Crippen LogP contribution in [-0.2, 0) is 0 Å². The van der Waals surface area contributed by atoms with E-state index in [1.54, 1.807) is 24.3 Å². The van der Waals surface area contributed by atoms with Crippen LogP contribution in [0, 0.1) is 11.3 Å². The van der Waals surface area contributed by atoms with Gasteiger partial charge >= 0.3 is 0 Å². The van der Waals surface area contributed by atoms with Crippen molar-refractivity contribution in [1.82, 2.24) is 0 Å². The molecule has 0 fully saturated rings. The first-order valence-electron chi connectivity index (χ1n) is 3.54. The molecule has 0 heterocycles. The largest absolute Gasteiger partial charge is 0.387 e. The maximum absolute atomic E-state index is 9.36. The first-order valence-corrected chi connectivity index (χ1v) is 3.92. The Morgan fingerprint density at radius 1 is 1.58 bits per heavy atom. The van der Waals surface area contributed by atoms with Crippen LogP contribution in [0.3, 0.4) is 0 Å². The molecular weight excluding hydrogens is 174 g/mol. The van der Waals surface area contributed by atoms with E-state index in [2.05, 4.69) is 0 Å². The van der Waals surface area contributed by atoms with E-state index in [1.165, 1.54) is 0 Å². The number of halogens is 1. The Balaban J connectivity index is 2.82. The Morgan fingerprint density at radius 2 is 2.33 bits per heavy atom. The van der Waals surface area contributed by atoms with Crippen LogP contribution in [0.1, 0.15) is 18.1 Å². The highest BCUT2D eigenvalue weighted by molar-refractivity contribution is 6.30. The zero-order chi connectivity index (χ0) is 8.97. The molecule has 1 aromatic rings. The minimum atomic E-state index is -0.728. The molecule has 0 aliphatic heterocycles. The number of nitrogens with zero attached hydrogens (tertiary/aromatic N) is 1. The average molecular weight is 182 g/mol. The van der Waals surface area contributed by atoms with E-state index in [-0.39, 0.29) is 6.42 Å². The van der Waals surface area contributed by atoms with Crippen molar-refractivity contribution in [1.29, 1.82) is 5.26 Å². The number of aliphatic hydroxyl groups is 1. The molecule has 1 rings (SSSR count). The summed E-state index contributed by atoms with van der Waals surface area (Å²) in [5, 5.41) is 18.3. The lowest BCUT2D eigenvalue weighted by Gasteiger charge is -2.05. The summed E-state index contributed by atoms with van der Waals surface area (Å²) < 4.78 is 0. The van der Waals surface area contributed by atoms with Gasteiger partial charge in [-0.1, -0.05) is 23.7 Å². The highest BCUT2D eigenvalue weighted by Gasteiger charge is 2.05. The highest BCUT2D eigenvalue weighted by atomic mass is 35.5. The predicted octanol–water partition coefficient (Wildman–Crippen LogP) is 2.29.